The Balaban J connectivity index is 1.80. The number of ether oxygens (including phenoxy) is 1. The minimum absolute atomic E-state index is 0.156. The maximum Gasteiger partial charge on any atom is 0.243 e. The molecule has 1 atom stereocenters. The van der Waals surface area contributed by atoms with E-state index in [4.69, 9.17) is 4.74 Å². The summed E-state index contributed by atoms with van der Waals surface area (Å²) >= 11 is 0. The predicted molar refractivity (Wildman–Crippen MR) is 117 cm³/mol. The predicted octanol–water partition coefficient (Wildman–Crippen LogP) is 3.90. The van der Waals surface area contributed by atoms with Gasteiger partial charge in [-0.3, -0.25) is 4.79 Å². The maximum atomic E-state index is 13.3. The van der Waals surface area contributed by atoms with Crippen LogP contribution in [0.2, 0.25) is 0 Å². The van der Waals surface area contributed by atoms with Gasteiger partial charge in [-0.05, 0) is 38.0 Å². The van der Waals surface area contributed by atoms with Crippen LogP contribution in [0.1, 0.15) is 50.6 Å². The lowest BCUT2D eigenvalue weighted by atomic mass is 9.95. The van der Waals surface area contributed by atoms with Crippen LogP contribution >= 0.6 is 0 Å². The minimum atomic E-state index is -3.76. The molecule has 6 nitrogen and oxygen atoms in total. The number of nitrogens with zero attached hydrogens (tertiary/aromatic N) is 1. The molecule has 162 valence electrons. The Kier molecular flexibility index (Phi) is 7.50. The normalized spacial score (nSPS) is 16.2. The van der Waals surface area contributed by atoms with Crippen LogP contribution in [-0.4, -0.2) is 38.3 Å². The molecule has 0 aromatic heterocycles. The van der Waals surface area contributed by atoms with Gasteiger partial charge < -0.3 is 10.1 Å². The number of benzene rings is 2. The van der Waals surface area contributed by atoms with Gasteiger partial charge in [0.15, 0.2) is 0 Å². The zero-order valence-electron chi connectivity index (χ0n) is 17.6. The molecule has 2 aromatic rings. The Morgan fingerprint density at radius 3 is 2.37 bits per heavy atom. The summed E-state index contributed by atoms with van der Waals surface area (Å²) < 4.78 is 33.5. The molecule has 3 rings (SSSR count). The molecule has 0 spiro atoms. The summed E-state index contributed by atoms with van der Waals surface area (Å²) in [5, 5.41) is 2.94. The number of hydrogen-bond donors (Lipinski definition) is 1. The Morgan fingerprint density at radius 2 is 1.70 bits per heavy atom. The van der Waals surface area contributed by atoms with Gasteiger partial charge in [-0.1, -0.05) is 55.7 Å². The van der Waals surface area contributed by atoms with Crippen molar-refractivity contribution in [3.63, 3.8) is 0 Å². The first-order chi connectivity index (χ1) is 14.4. The van der Waals surface area contributed by atoms with E-state index in [0.29, 0.717) is 5.75 Å². The maximum absolute atomic E-state index is 13.3. The van der Waals surface area contributed by atoms with E-state index >= 15 is 0 Å². The second-order valence-electron chi connectivity index (χ2n) is 7.69. The van der Waals surface area contributed by atoms with Crippen molar-refractivity contribution in [2.45, 2.75) is 56.0 Å². The Labute approximate surface area is 179 Å². The number of carbonyl (C=O) groups excluding carboxylic acids is 1. The first-order valence-electron chi connectivity index (χ1n) is 10.4. The smallest absolute Gasteiger partial charge is 0.243 e. The molecule has 1 aliphatic carbocycles. The summed E-state index contributed by atoms with van der Waals surface area (Å²) in [5.74, 6) is 0.366. The largest absolute Gasteiger partial charge is 0.496 e. The molecule has 7 heteroatoms. The van der Waals surface area contributed by atoms with Crippen LogP contribution in [0.4, 0.5) is 0 Å². The van der Waals surface area contributed by atoms with E-state index in [9.17, 15) is 13.2 Å². The number of nitrogens with one attached hydrogen (secondary N) is 1. The lowest BCUT2D eigenvalue weighted by Crippen LogP contribution is -2.47. The molecule has 1 aliphatic rings. The van der Waals surface area contributed by atoms with Crippen molar-refractivity contribution < 1.29 is 17.9 Å². The molecule has 1 fully saturated rings. The molecule has 0 bridgehead atoms. The summed E-state index contributed by atoms with van der Waals surface area (Å²) in [6, 6.07) is 15.4. The first kappa shape index (κ1) is 22.3. The Bertz CT molecular complexity index is 941. The lowest BCUT2D eigenvalue weighted by molar-refractivity contribution is -0.122. The Hall–Kier alpha value is -2.38. The number of carbonyl (C=O) groups is 1. The number of methoxy groups -OCH3 is 1. The van der Waals surface area contributed by atoms with Gasteiger partial charge in [0.2, 0.25) is 15.9 Å². The molecular weight excluding hydrogens is 400 g/mol. The van der Waals surface area contributed by atoms with Crippen molar-refractivity contribution >= 4 is 15.9 Å². The standard InChI is InChI=1S/C23H30N2O4S/c1-18(21-15-9-10-16-22(21)29-2)24-23(26)17-25(19-11-5-3-6-12-19)30(27,28)20-13-7-4-8-14-20/h4,7-10,13-16,18-19H,3,5-6,11-12,17H2,1-2H3,(H,24,26). The van der Waals surface area contributed by atoms with E-state index in [-0.39, 0.29) is 29.4 Å². The highest BCUT2D eigenvalue weighted by Gasteiger charge is 2.34. The average molecular weight is 431 g/mol. The van der Waals surface area contributed by atoms with Crippen LogP contribution in [0.5, 0.6) is 5.75 Å². The van der Waals surface area contributed by atoms with Gasteiger partial charge in [0.1, 0.15) is 5.75 Å². The summed E-state index contributed by atoms with van der Waals surface area (Å²) in [6.45, 7) is 1.67. The third-order valence-corrected chi connectivity index (χ3v) is 7.53. The quantitative estimate of drug-likeness (QED) is 0.689. The highest BCUT2D eigenvalue weighted by Crippen LogP contribution is 2.28. The van der Waals surface area contributed by atoms with Crippen molar-refractivity contribution in [3.8, 4) is 5.75 Å². The molecule has 0 saturated heterocycles. The summed E-state index contributed by atoms with van der Waals surface area (Å²) in [5.41, 5.74) is 0.850. The van der Waals surface area contributed by atoms with Crippen molar-refractivity contribution in [1.82, 2.24) is 9.62 Å². The van der Waals surface area contributed by atoms with Crippen molar-refractivity contribution in [3.05, 3.63) is 60.2 Å². The third-order valence-electron chi connectivity index (χ3n) is 5.61. The topological polar surface area (TPSA) is 75.7 Å². The molecule has 30 heavy (non-hydrogen) atoms. The van der Waals surface area contributed by atoms with Gasteiger partial charge in [-0.25, -0.2) is 8.42 Å². The molecule has 2 aromatic carbocycles. The van der Waals surface area contributed by atoms with E-state index in [0.717, 1.165) is 37.7 Å². The number of hydrogen-bond acceptors (Lipinski definition) is 4. The van der Waals surface area contributed by atoms with E-state index in [1.165, 1.54) is 4.31 Å². The van der Waals surface area contributed by atoms with E-state index in [1.54, 1.807) is 37.4 Å². The third kappa shape index (κ3) is 5.21. The minimum Gasteiger partial charge on any atom is -0.496 e. The molecular formula is C23H30N2O4S. The van der Waals surface area contributed by atoms with Crippen LogP contribution in [0.15, 0.2) is 59.5 Å². The lowest BCUT2D eigenvalue weighted by Gasteiger charge is -2.33. The summed E-state index contributed by atoms with van der Waals surface area (Å²) in [6.07, 6.45) is 4.62. The van der Waals surface area contributed by atoms with Crippen LogP contribution in [0.25, 0.3) is 0 Å². The molecule has 1 saturated carbocycles. The molecule has 1 N–H and O–H groups in total. The summed E-state index contributed by atoms with van der Waals surface area (Å²) in [7, 11) is -2.17. The molecule has 0 heterocycles. The van der Waals surface area contributed by atoms with Gasteiger partial charge >= 0.3 is 0 Å². The zero-order valence-corrected chi connectivity index (χ0v) is 18.4. The second-order valence-corrected chi connectivity index (χ2v) is 9.58. The Morgan fingerprint density at radius 1 is 1.07 bits per heavy atom. The number of sulfonamides is 1. The first-order valence-corrected chi connectivity index (χ1v) is 11.9. The number of para-hydroxylation sites is 1. The highest BCUT2D eigenvalue weighted by atomic mass is 32.2. The van der Waals surface area contributed by atoms with Crippen LogP contribution in [-0.2, 0) is 14.8 Å². The molecule has 1 amide bonds. The van der Waals surface area contributed by atoms with Crippen LogP contribution < -0.4 is 10.1 Å². The van der Waals surface area contributed by atoms with Gasteiger partial charge in [-0.2, -0.15) is 4.31 Å². The molecule has 0 aliphatic heterocycles. The van der Waals surface area contributed by atoms with Gasteiger partial charge in [-0.15, -0.1) is 0 Å². The summed E-state index contributed by atoms with van der Waals surface area (Å²) in [4.78, 5) is 13.1. The monoisotopic (exact) mass is 430 g/mol. The van der Waals surface area contributed by atoms with E-state index in [1.807, 2.05) is 31.2 Å². The van der Waals surface area contributed by atoms with Gasteiger partial charge in [0, 0.05) is 11.6 Å². The molecule has 0 radical (unpaired) electrons. The fourth-order valence-corrected chi connectivity index (χ4v) is 5.70. The average Bonchev–Trinajstić information content (AvgIpc) is 2.78. The fourth-order valence-electron chi connectivity index (χ4n) is 4.04. The molecule has 1 unspecified atom stereocenters. The van der Waals surface area contributed by atoms with Crippen molar-refractivity contribution in [2.75, 3.05) is 13.7 Å². The van der Waals surface area contributed by atoms with Gasteiger partial charge in [0.05, 0.1) is 24.6 Å². The number of amides is 1. The van der Waals surface area contributed by atoms with E-state index < -0.39 is 10.0 Å². The van der Waals surface area contributed by atoms with Crippen molar-refractivity contribution in [1.29, 1.82) is 0 Å². The fraction of sp³-hybridized carbons (Fsp3) is 0.435. The van der Waals surface area contributed by atoms with Gasteiger partial charge in [0.25, 0.3) is 0 Å². The second kappa shape index (κ2) is 10.1. The van der Waals surface area contributed by atoms with Crippen molar-refractivity contribution in [2.24, 2.45) is 0 Å². The zero-order chi connectivity index (χ0) is 21.6. The van der Waals surface area contributed by atoms with Crippen LogP contribution in [0, 0.1) is 0 Å². The van der Waals surface area contributed by atoms with E-state index in [2.05, 4.69) is 5.32 Å². The van der Waals surface area contributed by atoms with Crippen LogP contribution in [0.3, 0.4) is 0 Å². The number of rotatable bonds is 8. The highest BCUT2D eigenvalue weighted by molar-refractivity contribution is 7.89. The SMILES string of the molecule is COc1ccccc1C(C)NC(=O)CN(C1CCCCC1)S(=O)(=O)c1ccccc1.